The molecule has 84 valence electrons. The maximum absolute atomic E-state index is 2.20. The van der Waals surface area contributed by atoms with Gasteiger partial charge in [0.25, 0.3) is 0 Å². The molecule has 0 unspecified atom stereocenters. The van der Waals surface area contributed by atoms with Crippen LogP contribution in [0.4, 0.5) is 0 Å². The van der Waals surface area contributed by atoms with E-state index in [0.29, 0.717) is 0 Å². The monoisotopic (exact) mass is 213 g/mol. The molecule has 16 heavy (non-hydrogen) atoms. The smallest absolute Gasteiger partial charge is 0.0276 e. The average Bonchev–Trinajstić information content (AvgIpc) is 2.32. The third-order valence-electron chi connectivity index (χ3n) is 2.62. The van der Waals surface area contributed by atoms with Crippen molar-refractivity contribution in [1.29, 1.82) is 0 Å². The fourth-order valence-corrected chi connectivity index (χ4v) is 1.79. The molecule has 1 heteroatoms. The highest BCUT2D eigenvalue weighted by atomic mass is 14.0. The molecule has 2 rings (SSSR count). The van der Waals surface area contributed by atoms with Gasteiger partial charge in [-0.3, -0.25) is 0 Å². The van der Waals surface area contributed by atoms with Crippen molar-refractivity contribution in [3.05, 3.63) is 71.8 Å². The van der Waals surface area contributed by atoms with Gasteiger partial charge in [-0.25, -0.2) is 0 Å². The van der Waals surface area contributed by atoms with E-state index in [0.717, 1.165) is 0 Å². The van der Waals surface area contributed by atoms with Gasteiger partial charge in [0.1, 0.15) is 0 Å². The Bertz CT molecular complexity index is 341. The molecule has 1 nitrogen and oxygen atoms in total. The van der Waals surface area contributed by atoms with Gasteiger partial charge in [-0.1, -0.05) is 60.7 Å². The number of rotatable bonds is 4. The topological polar surface area (TPSA) is 35.0 Å². The molecule has 0 saturated heterocycles. The summed E-state index contributed by atoms with van der Waals surface area (Å²) in [5.41, 5.74) is 2.88. The van der Waals surface area contributed by atoms with Crippen LogP contribution in [0.25, 0.3) is 0 Å². The Morgan fingerprint density at radius 1 is 0.562 bits per heavy atom. The van der Waals surface area contributed by atoms with Gasteiger partial charge in [-0.2, -0.15) is 0 Å². The summed E-state index contributed by atoms with van der Waals surface area (Å²) in [5, 5.41) is 0. The van der Waals surface area contributed by atoms with Crippen molar-refractivity contribution in [2.24, 2.45) is 0 Å². The summed E-state index contributed by atoms with van der Waals surface area (Å²) in [6.07, 6.45) is 3.58. The van der Waals surface area contributed by atoms with Crippen LogP contribution in [0.1, 0.15) is 17.5 Å². The first-order chi connectivity index (χ1) is 7.45. The first-order valence-corrected chi connectivity index (χ1v) is 5.53. The number of hydrogen-bond acceptors (Lipinski definition) is 1. The fourth-order valence-electron chi connectivity index (χ4n) is 1.79. The lowest BCUT2D eigenvalue weighted by atomic mass is 10.0. The second-order valence-electron chi connectivity index (χ2n) is 3.82. The maximum Gasteiger partial charge on any atom is -0.0276 e. The highest BCUT2D eigenvalue weighted by Gasteiger charge is 1.93. The first-order valence-electron chi connectivity index (χ1n) is 5.53. The minimum Gasteiger partial charge on any atom is -0.344 e. The van der Waals surface area contributed by atoms with Crippen molar-refractivity contribution in [3.63, 3.8) is 0 Å². The minimum absolute atomic E-state index is 0. The van der Waals surface area contributed by atoms with E-state index in [4.69, 9.17) is 0 Å². The molecule has 2 aromatic rings. The Balaban J connectivity index is 0.00000128. The molecule has 0 heterocycles. The van der Waals surface area contributed by atoms with Gasteiger partial charge in [-0.15, -0.1) is 0 Å². The molecule has 0 aromatic heterocycles. The van der Waals surface area contributed by atoms with Crippen LogP contribution >= 0.6 is 0 Å². The number of benzene rings is 2. The quantitative estimate of drug-likeness (QED) is 0.817. The van der Waals surface area contributed by atoms with Gasteiger partial charge in [0.15, 0.2) is 0 Å². The van der Waals surface area contributed by atoms with E-state index in [1.807, 2.05) is 0 Å². The van der Waals surface area contributed by atoms with E-state index in [1.165, 1.54) is 30.4 Å². The summed E-state index contributed by atoms with van der Waals surface area (Å²) in [4.78, 5) is 0. The Hall–Kier alpha value is -1.60. The van der Waals surface area contributed by atoms with E-state index in [1.54, 1.807) is 0 Å². The maximum atomic E-state index is 2.20. The largest absolute Gasteiger partial charge is 0.344 e. The van der Waals surface area contributed by atoms with Crippen LogP contribution < -0.4 is 6.15 Å². The molecule has 0 aliphatic rings. The van der Waals surface area contributed by atoms with Crippen molar-refractivity contribution in [1.82, 2.24) is 6.15 Å². The third kappa shape index (κ3) is 3.87. The predicted molar refractivity (Wildman–Crippen MR) is 69.9 cm³/mol. The molecular formula is C15H19N. The zero-order chi connectivity index (χ0) is 10.3. The van der Waals surface area contributed by atoms with Crippen LogP contribution in [-0.2, 0) is 12.8 Å². The van der Waals surface area contributed by atoms with Crippen LogP contribution in [0, 0.1) is 0 Å². The zero-order valence-electron chi connectivity index (χ0n) is 9.60. The molecule has 0 aliphatic heterocycles. The molecule has 0 saturated carbocycles. The highest BCUT2D eigenvalue weighted by Crippen LogP contribution is 2.07. The van der Waals surface area contributed by atoms with E-state index >= 15 is 0 Å². The molecule has 3 N–H and O–H groups in total. The lowest BCUT2D eigenvalue weighted by Gasteiger charge is -2.01. The van der Waals surface area contributed by atoms with Crippen LogP contribution in [0.2, 0.25) is 0 Å². The third-order valence-corrected chi connectivity index (χ3v) is 2.62. The normalized spacial score (nSPS) is 9.50. The number of hydrogen-bond donors (Lipinski definition) is 1. The Morgan fingerprint density at radius 2 is 0.938 bits per heavy atom. The molecule has 0 bridgehead atoms. The fraction of sp³-hybridized carbons (Fsp3) is 0.200. The molecule has 0 aliphatic carbocycles. The second kappa shape index (κ2) is 6.81. The summed E-state index contributed by atoms with van der Waals surface area (Å²) < 4.78 is 0. The van der Waals surface area contributed by atoms with Crippen molar-refractivity contribution in [2.45, 2.75) is 19.3 Å². The Kier molecular flexibility index (Phi) is 5.30. The first kappa shape index (κ1) is 12.5. The summed E-state index contributed by atoms with van der Waals surface area (Å²) in [7, 11) is 0. The van der Waals surface area contributed by atoms with Gasteiger partial charge in [0.05, 0.1) is 0 Å². The van der Waals surface area contributed by atoms with E-state index < -0.39 is 0 Å². The summed E-state index contributed by atoms with van der Waals surface area (Å²) in [5.74, 6) is 0. The Labute approximate surface area is 97.7 Å². The lowest BCUT2D eigenvalue weighted by Crippen LogP contribution is -1.89. The minimum atomic E-state index is 0. The van der Waals surface area contributed by atoms with Gasteiger partial charge in [0, 0.05) is 0 Å². The number of aryl methyl sites for hydroxylation is 2. The predicted octanol–water partition coefficient (Wildman–Crippen LogP) is 4.02. The van der Waals surface area contributed by atoms with Crippen LogP contribution in [0.5, 0.6) is 0 Å². The molecule has 0 atom stereocenters. The van der Waals surface area contributed by atoms with Gasteiger partial charge in [-0.05, 0) is 30.4 Å². The highest BCUT2D eigenvalue weighted by molar-refractivity contribution is 5.17. The van der Waals surface area contributed by atoms with Crippen molar-refractivity contribution in [2.75, 3.05) is 0 Å². The molecule has 0 fully saturated rings. The van der Waals surface area contributed by atoms with Crippen LogP contribution in [0.15, 0.2) is 60.7 Å². The zero-order valence-corrected chi connectivity index (χ0v) is 9.60. The van der Waals surface area contributed by atoms with Crippen LogP contribution in [0.3, 0.4) is 0 Å². The lowest BCUT2D eigenvalue weighted by molar-refractivity contribution is 0.821. The second-order valence-corrected chi connectivity index (χ2v) is 3.82. The van der Waals surface area contributed by atoms with Gasteiger partial charge in [0.2, 0.25) is 0 Å². The molecule has 0 radical (unpaired) electrons. The summed E-state index contributed by atoms with van der Waals surface area (Å²) in [6, 6.07) is 21.4. The molecule has 0 amide bonds. The van der Waals surface area contributed by atoms with E-state index in [2.05, 4.69) is 60.7 Å². The van der Waals surface area contributed by atoms with Crippen molar-refractivity contribution < 1.29 is 0 Å². The Morgan fingerprint density at radius 3 is 1.31 bits per heavy atom. The van der Waals surface area contributed by atoms with Crippen LogP contribution in [-0.4, -0.2) is 0 Å². The SMILES string of the molecule is N.c1ccc(CCCc2ccccc2)cc1. The average molecular weight is 213 g/mol. The standard InChI is InChI=1S/C15H16.H3N/c1-3-8-14(9-4-1)12-7-13-15-10-5-2-6-11-15;/h1-6,8-11H,7,12-13H2;1H3. The van der Waals surface area contributed by atoms with Crippen molar-refractivity contribution in [3.8, 4) is 0 Å². The summed E-state index contributed by atoms with van der Waals surface area (Å²) in [6.45, 7) is 0. The van der Waals surface area contributed by atoms with E-state index in [-0.39, 0.29) is 6.15 Å². The van der Waals surface area contributed by atoms with Gasteiger partial charge < -0.3 is 6.15 Å². The van der Waals surface area contributed by atoms with E-state index in [9.17, 15) is 0 Å². The van der Waals surface area contributed by atoms with Gasteiger partial charge >= 0.3 is 0 Å². The molecule has 2 aromatic carbocycles. The summed E-state index contributed by atoms with van der Waals surface area (Å²) >= 11 is 0. The molecular weight excluding hydrogens is 194 g/mol. The van der Waals surface area contributed by atoms with Crippen molar-refractivity contribution >= 4 is 0 Å². The molecule has 0 spiro atoms.